The van der Waals surface area contributed by atoms with Crippen molar-refractivity contribution in [3.8, 4) is 0 Å². The topological polar surface area (TPSA) is 23.6 Å². The van der Waals surface area contributed by atoms with Crippen LogP contribution in [0.4, 0.5) is 0 Å². The van der Waals surface area contributed by atoms with Gasteiger partial charge in [0, 0.05) is 49.7 Å². The average molecular weight is 307 g/mol. The standard InChI is InChI=1S/C11H19BrN2OS/c12-2-3-13-4-6-14(7-5-13)11(15)10-1-8-16-9-10/h10H,1-9H2. The third kappa shape index (κ3) is 3.14. The lowest BCUT2D eigenvalue weighted by atomic mass is 10.1. The molecule has 0 radical (unpaired) electrons. The van der Waals surface area contributed by atoms with E-state index in [-0.39, 0.29) is 0 Å². The van der Waals surface area contributed by atoms with Gasteiger partial charge in [0.25, 0.3) is 0 Å². The van der Waals surface area contributed by atoms with Crippen LogP contribution in [0.3, 0.4) is 0 Å². The largest absolute Gasteiger partial charge is 0.340 e. The summed E-state index contributed by atoms with van der Waals surface area (Å²) in [5.41, 5.74) is 0. The number of amides is 1. The van der Waals surface area contributed by atoms with Crippen LogP contribution in [-0.2, 0) is 4.79 Å². The number of hydrogen-bond donors (Lipinski definition) is 0. The maximum absolute atomic E-state index is 12.1. The Morgan fingerprint density at radius 3 is 2.62 bits per heavy atom. The van der Waals surface area contributed by atoms with E-state index in [0.717, 1.165) is 50.2 Å². The summed E-state index contributed by atoms with van der Waals surface area (Å²) >= 11 is 5.38. The van der Waals surface area contributed by atoms with Crippen LogP contribution in [-0.4, -0.2) is 65.3 Å². The number of carbonyl (C=O) groups is 1. The molecule has 2 fully saturated rings. The molecule has 16 heavy (non-hydrogen) atoms. The Hall–Kier alpha value is 0.260. The smallest absolute Gasteiger partial charge is 0.226 e. The number of carbonyl (C=O) groups excluding carboxylic acids is 1. The average Bonchev–Trinajstić information content (AvgIpc) is 2.83. The van der Waals surface area contributed by atoms with E-state index in [1.54, 1.807) is 0 Å². The molecule has 0 aliphatic carbocycles. The monoisotopic (exact) mass is 306 g/mol. The Morgan fingerprint density at radius 1 is 1.31 bits per heavy atom. The second-order valence-electron chi connectivity index (χ2n) is 4.42. The van der Waals surface area contributed by atoms with Crippen LogP contribution >= 0.6 is 27.7 Å². The molecule has 2 heterocycles. The van der Waals surface area contributed by atoms with Gasteiger partial charge < -0.3 is 4.90 Å². The van der Waals surface area contributed by atoms with Crippen molar-refractivity contribution in [1.29, 1.82) is 0 Å². The first kappa shape index (κ1) is 12.7. The maximum atomic E-state index is 12.1. The molecule has 0 N–H and O–H groups in total. The van der Waals surface area contributed by atoms with Crippen LogP contribution in [0.15, 0.2) is 0 Å². The zero-order valence-corrected chi connectivity index (χ0v) is 11.9. The molecule has 0 aromatic heterocycles. The first-order valence-corrected chi connectivity index (χ1v) is 8.23. The first-order valence-electron chi connectivity index (χ1n) is 5.96. The second kappa shape index (κ2) is 6.26. The van der Waals surface area contributed by atoms with Crippen molar-refractivity contribution in [2.24, 2.45) is 5.92 Å². The van der Waals surface area contributed by atoms with Crippen LogP contribution in [0.5, 0.6) is 0 Å². The minimum Gasteiger partial charge on any atom is -0.340 e. The molecule has 0 aromatic carbocycles. The van der Waals surface area contributed by atoms with E-state index in [2.05, 4.69) is 25.7 Å². The van der Waals surface area contributed by atoms with E-state index in [1.165, 1.54) is 5.75 Å². The highest BCUT2D eigenvalue weighted by molar-refractivity contribution is 9.09. The molecule has 0 aromatic rings. The Morgan fingerprint density at radius 2 is 2.06 bits per heavy atom. The fourth-order valence-electron chi connectivity index (χ4n) is 2.30. The van der Waals surface area contributed by atoms with Crippen LogP contribution in [0.25, 0.3) is 0 Å². The Labute approximate surface area is 110 Å². The van der Waals surface area contributed by atoms with Gasteiger partial charge >= 0.3 is 0 Å². The predicted octanol–water partition coefficient (Wildman–Crippen LogP) is 1.28. The normalized spacial score (nSPS) is 27.3. The number of rotatable bonds is 3. The quantitative estimate of drug-likeness (QED) is 0.734. The van der Waals surface area contributed by atoms with Crippen molar-refractivity contribution in [3.63, 3.8) is 0 Å². The van der Waals surface area contributed by atoms with Crippen LogP contribution in [0.2, 0.25) is 0 Å². The Kier molecular flexibility index (Phi) is 4.97. The van der Waals surface area contributed by atoms with Crippen molar-refractivity contribution in [3.05, 3.63) is 0 Å². The van der Waals surface area contributed by atoms with Crippen molar-refractivity contribution >= 4 is 33.6 Å². The molecule has 1 unspecified atom stereocenters. The number of thioether (sulfide) groups is 1. The SMILES string of the molecule is O=C(C1CCSC1)N1CCN(CCBr)CC1. The molecule has 0 saturated carbocycles. The van der Waals surface area contributed by atoms with Gasteiger partial charge in [-0.3, -0.25) is 9.69 Å². The van der Waals surface area contributed by atoms with Gasteiger partial charge in [-0.05, 0) is 12.2 Å². The molecule has 3 nitrogen and oxygen atoms in total. The highest BCUT2D eigenvalue weighted by atomic mass is 79.9. The van der Waals surface area contributed by atoms with Gasteiger partial charge in [-0.1, -0.05) is 15.9 Å². The van der Waals surface area contributed by atoms with Gasteiger partial charge in [-0.2, -0.15) is 11.8 Å². The fourth-order valence-corrected chi connectivity index (χ4v) is 4.01. The minimum atomic E-state index is 0.313. The van der Waals surface area contributed by atoms with E-state index in [0.29, 0.717) is 11.8 Å². The summed E-state index contributed by atoms with van der Waals surface area (Å²) < 4.78 is 0. The van der Waals surface area contributed by atoms with E-state index in [9.17, 15) is 4.79 Å². The number of nitrogens with zero attached hydrogens (tertiary/aromatic N) is 2. The molecule has 2 aliphatic rings. The number of piperazine rings is 1. The number of alkyl halides is 1. The van der Waals surface area contributed by atoms with Crippen LogP contribution in [0, 0.1) is 5.92 Å². The van der Waals surface area contributed by atoms with E-state index in [4.69, 9.17) is 0 Å². The van der Waals surface area contributed by atoms with Gasteiger partial charge in [0.2, 0.25) is 5.91 Å². The molecule has 0 spiro atoms. The van der Waals surface area contributed by atoms with Gasteiger partial charge in [-0.25, -0.2) is 0 Å². The Bertz CT molecular complexity index is 238. The van der Waals surface area contributed by atoms with Crippen molar-refractivity contribution in [1.82, 2.24) is 9.80 Å². The summed E-state index contributed by atoms with van der Waals surface area (Å²) in [6.45, 7) is 5.02. The number of halogens is 1. The molecule has 5 heteroatoms. The summed E-state index contributed by atoms with van der Waals surface area (Å²) in [4.78, 5) is 16.6. The minimum absolute atomic E-state index is 0.313. The molecule has 2 saturated heterocycles. The molecular formula is C11H19BrN2OS. The van der Waals surface area contributed by atoms with E-state index < -0.39 is 0 Å². The lowest BCUT2D eigenvalue weighted by Crippen LogP contribution is -2.50. The third-order valence-corrected chi connectivity index (χ3v) is 4.88. The van der Waals surface area contributed by atoms with Crippen molar-refractivity contribution < 1.29 is 4.79 Å². The molecule has 92 valence electrons. The van der Waals surface area contributed by atoms with Gasteiger partial charge in [0.05, 0.1) is 0 Å². The van der Waals surface area contributed by atoms with Gasteiger partial charge in [-0.15, -0.1) is 0 Å². The fraction of sp³-hybridized carbons (Fsp3) is 0.909. The molecular weight excluding hydrogens is 288 g/mol. The summed E-state index contributed by atoms with van der Waals surface area (Å²) in [6, 6.07) is 0. The predicted molar refractivity (Wildman–Crippen MR) is 72.2 cm³/mol. The molecule has 2 rings (SSSR count). The molecule has 2 aliphatic heterocycles. The van der Waals surface area contributed by atoms with Crippen LogP contribution < -0.4 is 0 Å². The van der Waals surface area contributed by atoms with Gasteiger partial charge in [0.1, 0.15) is 0 Å². The Balaban J connectivity index is 1.77. The lowest BCUT2D eigenvalue weighted by molar-refractivity contribution is -0.136. The summed E-state index contributed by atoms with van der Waals surface area (Å²) in [5, 5.41) is 1.03. The van der Waals surface area contributed by atoms with Crippen molar-refractivity contribution in [2.45, 2.75) is 6.42 Å². The van der Waals surface area contributed by atoms with E-state index >= 15 is 0 Å². The van der Waals surface area contributed by atoms with E-state index in [1.807, 2.05) is 11.8 Å². The first-order chi connectivity index (χ1) is 7.81. The summed E-state index contributed by atoms with van der Waals surface area (Å²) in [6.07, 6.45) is 1.09. The second-order valence-corrected chi connectivity index (χ2v) is 6.36. The van der Waals surface area contributed by atoms with Gasteiger partial charge in [0.15, 0.2) is 0 Å². The zero-order valence-electron chi connectivity index (χ0n) is 9.53. The van der Waals surface area contributed by atoms with Crippen LogP contribution in [0.1, 0.15) is 6.42 Å². The molecule has 1 atom stereocenters. The van der Waals surface area contributed by atoms with Crippen molar-refractivity contribution in [2.75, 3.05) is 49.6 Å². The highest BCUT2D eigenvalue weighted by Crippen LogP contribution is 2.25. The highest BCUT2D eigenvalue weighted by Gasteiger charge is 2.29. The number of hydrogen-bond acceptors (Lipinski definition) is 3. The zero-order chi connectivity index (χ0) is 11.4. The third-order valence-electron chi connectivity index (χ3n) is 3.36. The summed E-state index contributed by atoms with van der Waals surface area (Å²) in [5.74, 6) is 2.93. The molecule has 0 bridgehead atoms. The molecule has 1 amide bonds. The maximum Gasteiger partial charge on any atom is 0.226 e. The summed E-state index contributed by atoms with van der Waals surface area (Å²) in [7, 11) is 0. The lowest BCUT2D eigenvalue weighted by Gasteiger charge is -2.35.